The lowest BCUT2D eigenvalue weighted by atomic mass is 9.88. The van der Waals surface area contributed by atoms with Crippen molar-refractivity contribution in [1.29, 1.82) is 0 Å². The molecule has 2 heterocycles. The molecule has 0 spiro atoms. The molecule has 0 atom stereocenters. The predicted octanol–water partition coefficient (Wildman–Crippen LogP) is 2.87. The molecule has 0 aliphatic carbocycles. The van der Waals surface area contributed by atoms with Crippen LogP contribution < -0.4 is 5.32 Å². The first-order valence-corrected chi connectivity index (χ1v) is 7.86. The Morgan fingerprint density at radius 1 is 1.25 bits per heavy atom. The lowest BCUT2D eigenvalue weighted by Crippen LogP contribution is -2.29. The van der Waals surface area contributed by atoms with E-state index in [1.54, 1.807) is 0 Å². The van der Waals surface area contributed by atoms with Gasteiger partial charge >= 0.3 is 0 Å². The van der Waals surface area contributed by atoms with Crippen LogP contribution in [0.2, 0.25) is 0 Å². The zero-order chi connectivity index (χ0) is 14.6. The van der Waals surface area contributed by atoms with E-state index in [1.165, 1.54) is 49.3 Å². The van der Waals surface area contributed by atoms with E-state index < -0.39 is 0 Å². The minimum absolute atomic E-state index is 0.131. The van der Waals surface area contributed by atoms with Gasteiger partial charge in [-0.25, -0.2) is 0 Å². The highest BCUT2D eigenvalue weighted by atomic mass is 15.1. The number of likely N-dealkylation sites (tertiary alicyclic amines) is 1. The van der Waals surface area contributed by atoms with Crippen molar-refractivity contribution in [3.8, 4) is 0 Å². The van der Waals surface area contributed by atoms with Crippen LogP contribution >= 0.6 is 0 Å². The van der Waals surface area contributed by atoms with Crippen LogP contribution in [0.25, 0.3) is 0 Å². The van der Waals surface area contributed by atoms with Gasteiger partial charge in [0.25, 0.3) is 0 Å². The van der Waals surface area contributed by atoms with Crippen molar-refractivity contribution < 1.29 is 0 Å². The molecule has 0 amide bonds. The van der Waals surface area contributed by atoms with Crippen LogP contribution in [0.5, 0.6) is 0 Å². The Morgan fingerprint density at radius 3 is 2.55 bits per heavy atom. The summed E-state index contributed by atoms with van der Waals surface area (Å²) in [5.41, 5.74) is 3.93. The Labute approximate surface area is 123 Å². The second-order valence-corrected chi connectivity index (χ2v) is 6.98. The molecule has 112 valence electrons. The van der Waals surface area contributed by atoms with Crippen molar-refractivity contribution in [2.24, 2.45) is 0 Å². The molecular formula is C17H29N3. The van der Waals surface area contributed by atoms with Gasteiger partial charge in [-0.15, -0.1) is 0 Å². The number of rotatable bonds is 5. The Kier molecular flexibility index (Phi) is 5.17. The minimum Gasteiger partial charge on any atom is -0.311 e. The van der Waals surface area contributed by atoms with Crippen LogP contribution in [-0.2, 0) is 12.0 Å². The highest BCUT2D eigenvalue weighted by Crippen LogP contribution is 2.23. The van der Waals surface area contributed by atoms with Gasteiger partial charge in [0.2, 0.25) is 0 Å². The first-order chi connectivity index (χ1) is 9.47. The largest absolute Gasteiger partial charge is 0.311 e. The predicted molar refractivity (Wildman–Crippen MR) is 85.1 cm³/mol. The number of aryl methyl sites for hydroxylation is 1. The number of nitrogens with zero attached hydrogens (tertiary/aromatic N) is 2. The van der Waals surface area contributed by atoms with Gasteiger partial charge in [-0.3, -0.25) is 4.98 Å². The molecular weight excluding hydrogens is 246 g/mol. The van der Waals surface area contributed by atoms with Crippen LogP contribution in [0.4, 0.5) is 0 Å². The molecule has 3 heteroatoms. The molecule has 1 aromatic rings. The van der Waals surface area contributed by atoms with Gasteiger partial charge in [0.15, 0.2) is 0 Å². The Bertz CT molecular complexity index is 428. The molecule has 1 aliphatic rings. The normalized spacial score (nSPS) is 16.8. The molecule has 0 bridgehead atoms. The monoisotopic (exact) mass is 275 g/mol. The molecule has 1 saturated heterocycles. The first-order valence-electron chi connectivity index (χ1n) is 7.86. The van der Waals surface area contributed by atoms with Gasteiger partial charge < -0.3 is 10.2 Å². The summed E-state index contributed by atoms with van der Waals surface area (Å²) >= 11 is 0. The van der Waals surface area contributed by atoms with Gasteiger partial charge in [0.05, 0.1) is 0 Å². The molecule has 1 aromatic heterocycles. The van der Waals surface area contributed by atoms with Crippen LogP contribution in [0, 0.1) is 6.92 Å². The third kappa shape index (κ3) is 4.29. The fourth-order valence-electron chi connectivity index (χ4n) is 2.99. The van der Waals surface area contributed by atoms with Gasteiger partial charge in [-0.2, -0.15) is 0 Å². The Balaban J connectivity index is 1.80. The van der Waals surface area contributed by atoms with E-state index in [2.05, 4.69) is 49.0 Å². The number of pyridine rings is 1. The first kappa shape index (κ1) is 15.5. The fraction of sp³-hybridized carbons (Fsp3) is 0.706. The fourth-order valence-corrected chi connectivity index (χ4v) is 2.99. The van der Waals surface area contributed by atoms with E-state index >= 15 is 0 Å². The smallest absolute Gasteiger partial charge is 0.0486 e. The van der Waals surface area contributed by atoms with Gasteiger partial charge in [0.1, 0.15) is 0 Å². The molecule has 0 unspecified atom stereocenters. The van der Waals surface area contributed by atoms with E-state index in [-0.39, 0.29) is 5.41 Å². The molecule has 1 fully saturated rings. The summed E-state index contributed by atoms with van der Waals surface area (Å²) < 4.78 is 0. The number of aromatic nitrogens is 1. The summed E-state index contributed by atoms with van der Waals surface area (Å²) in [7, 11) is 0. The molecule has 0 radical (unpaired) electrons. The summed E-state index contributed by atoms with van der Waals surface area (Å²) in [6.07, 6.45) is 4.77. The van der Waals surface area contributed by atoms with Crippen molar-refractivity contribution >= 4 is 0 Å². The van der Waals surface area contributed by atoms with Crippen molar-refractivity contribution in [3.63, 3.8) is 0 Å². The number of hydrogen-bond acceptors (Lipinski definition) is 3. The summed E-state index contributed by atoms with van der Waals surface area (Å²) in [6, 6.07) is 2.27. The second kappa shape index (κ2) is 6.68. The SMILES string of the molecule is Cc1cc(CNCCN2CCCC2)cnc1C(C)(C)C. The van der Waals surface area contributed by atoms with Crippen LogP contribution in [-0.4, -0.2) is 36.1 Å². The third-order valence-corrected chi connectivity index (χ3v) is 3.98. The van der Waals surface area contributed by atoms with Crippen molar-refractivity contribution in [2.75, 3.05) is 26.2 Å². The quantitative estimate of drug-likeness (QED) is 0.838. The van der Waals surface area contributed by atoms with Gasteiger partial charge in [-0.05, 0) is 44.0 Å². The summed E-state index contributed by atoms with van der Waals surface area (Å²) in [5, 5.41) is 3.53. The molecule has 1 N–H and O–H groups in total. The third-order valence-electron chi connectivity index (χ3n) is 3.98. The number of hydrogen-bond donors (Lipinski definition) is 1. The highest BCUT2D eigenvalue weighted by molar-refractivity contribution is 5.28. The average molecular weight is 275 g/mol. The second-order valence-electron chi connectivity index (χ2n) is 6.98. The van der Waals surface area contributed by atoms with Crippen LogP contribution in [0.15, 0.2) is 12.3 Å². The summed E-state index contributed by atoms with van der Waals surface area (Å²) in [6.45, 7) is 14.5. The average Bonchev–Trinajstić information content (AvgIpc) is 2.86. The van der Waals surface area contributed by atoms with E-state index in [9.17, 15) is 0 Å². The van der Waals surface area contributed by atoms with Crippen molar-refractivity contribution in [3.05, 3.63) is 29.1 Å². The maximum atomic E-state index is 4.66. The summed E-state index contributed by atoms with van der Waals surface area (Å²) in [4.78, 5) is 7.20. The molecule has 20 heavy (non-hydrogen) atoms. The Hall–Kier alpha value is -0.930. The molecule has 2 rings (SSSR count). The van der Waals surface area contributed by atoms with E-state index in [4.69, 9.17) is 0 Å². The van der Waals surface area contributed by atoms with E-state index in [0.717, 1.165) is 13.1 Å². The van der Waals surface area contributed by atoms with Crippen LogP contribution in [0.1, 0.15) is 50.4 Å². The van der Waals surface area contributed by atoms with Crippen molar-refractivity contribution in [1.82, 2.24) is 15.2 Å². The lowest BCUT2D eigenvalue weighted by molar-refractivity contribution is 0.335. The maximum Gasteiger partial charge on any atom is 0.0486 e. The standard InChI is InChI=1S/C17H29N3/c1-14-11-15(13-19-16(14)17(2,3)4)12-18-7-10-20-8-5-6-9-20/h11,13,18H,5-10,12H2,1-4H3. The molecule has 0 saturated carbocycles. The zero-order valence-electron chi connectivity index (χ0n) is 13.5. The highest BCUT2D eigenvalue weighted by Gasteiger charge is 2.17. The minimum atomic E-state index is 0.131. The van der Waals surface area contributed by atoms with Gasteiger partial charge in [0, 0.05) is 36.9 Å². The molecule has 1 aliphatic heterocycles. The maximum absolute atomic E-state index is 4.66. The van der Waals surface area contributed by atoms with E-state index in [1.807, 2.05) is 6.20 Å². The molecule has 3 nitrogen and oxygen atoms in total. The zero-order valence-corrected chi connectivity index (χ0v) is 13.5. The summed E-state index contributed by atoms with van der Waals surface area (Å²) in [5.74, 6) is 0. The molecule has 0 aromatic carbocycles. The van der Waals surface area contributed by atoms with Crippen LogP contribution in [0.3, 0.4) is 0 Å². The lowest BCUT2D eigenvalue weighted by Gasteiger charge is -2.20. The van der Waals surface area contributed by atoms with Crippen molar-refractivity contribution in [2.45, 2.75) is 52.5 Å². The number of nitrogens with one attached hydrogen (secondary N) is 1. The topological polar surface area (TPSA) is 28.2 Å². The van der Waals surface area contributed by atoms with E-state index in [0.29, 0.717) is 0 Å². The Morgan fingerprint density at radius 2 is 1.95 bits per heavy atom. The van der Waals surface area contributed by atoms with Gasteiger partial charge in [-0.1, -0.05) is 26.8 Å².